The van der Waals surface area contributed by atoms with Crippen molar-refractivity contribution in [3.63, 3.8) is 0 Å². The Kier molecular flexibility index (Phi) is 7.36. The van der Waals surface area contributed by atoms with Crippen LogP contribution in [0.25, 0.3) is 0 Å². The van der Waals surface area contributed by atoms with Crippen molar-refractivity contribution in [3.05, 3.63) is 0 Å². The quantitative estimate of drug-likeness (QED) is 0.459. The first-order valence-electron chi connectivity index (χ1n) is 1.04. The zero-order valence-corrected chi connectivity index (χ0v) is 5.31. The molecule has 0 rings (SSSR count). The van der Waals surface area contributed by atoms with Crippen molar-refractivity contribution in [1.29, 1.82) is 5.41 Å². The maximum atomic E-state index is 6.28. The number of amidine groups is 1. The molecular formula is C2H6IrN2. The van der Waals surface area contributed by atoms with Gasteiger partial charge in [-0.15, -0.1) is 0 Å². The van der Waals surface area contributed by atoms with Crippen LogP contribution in [0.3, 0.4) is 0 Å². The molecule has 3 heteroatoms. The molecule has 0 aromatic rings. The molecule has 0 saturated heterocycles. The Morgan fingerprint density at radius 3 is 1.80 bits per heavy atom. The zero-order valence-electron chi connectivity index (χ0n) is 2.91. The van der Waals surface area contributed by atoms with Gasteiger partial charge >= 0.3 is 0 Å². The molecule has 0 atom stereocenters. The third-order valence-corrected chi connectivity index (χ3v) is 0. The zero-order chi connectivity index (χ0) is 3.58. The van der Waals surface area contributed by atoms with Crippen LogP contribution in [0, 0.1) is 5.41 Å². The van der Waals surface area contributed by atoms with Gasteiger partial charge in [-0.25, -0.2) is 0 Å². The van der Waals surface area contributed by atoms with Gasteiger partial charge in [0.15, 0.2) is 0 Å². The molecule has 0 aromatic carbocycles. The van der Waals surface area contributed by atoms with Crippen LogP contribution in [-0.4, -0.2) is 5.84 Å². The number of rotatable bonds is 0. The van der Waals surface area contributed by atoms with Crippen molar-refractivity contribution < 1.29 is 20.1 Å². The van der Waals surface area contributed by atoms with E-state index in [9.17, 15) is 0 Å². The predicted molar refractivity (Wildman–Crippen MR) is 17.6 cm³/mol. The number of hydrogen-bond donors (Lipinski definition) is 2. The summed E-state index contributed by atoms with van der Waals surface area (Å²) in [5.74, 6) is 0.167. The summed E-state index contributed by atoms with van der Waals surface area (Å²) in [7, 11) is 0. The van der Waals surface area contributed by atoms with Gasteiger partial charge in [-0.2, -0.15) is 0 Å². The van der Waals surface area contributed by atoms with Gasteiger partial charge in [-0.1, -0.05) is 0 Å². The van der Waals surface area contributed by atoms with Crippen molar-refractivity contribution >= 4 is 5.84 Å². The Labute approximate surface area is 44.6 Å². The second-order valence-corrected chi connectivity index (χ2v) is 0.683. The predicted octanol–water partition coefficient (Wildman–Crippen LogP) is -0.0602. The molecule has 0 aliphatic rings. The molecule has 3 N–H and O–H groups in total. The summed E-state index contributed by atoms with van der Waals surface area (Å²) in [6, 6.07) is 0. The van der Waals surface area contributed by atoms with Crippen LogP contribution < -0.4 is 5.73 Å². The molecule has 0 aliphatic heterocycles. The third kappa shape index (κ3) is 1300. The molecule has 0 fully saturated rings. The second kappa shape index (κ2) is 4.12. The smallest absolute Gasteiger partial charge is 0.0873 e. The van der Waals surface area contributed by atoms with E-state index < -0.39 is 0 Å². The molecule has 1 radical (unpaired) electrons. The van der Waals surface area contributed by atoms with Crippen LogP contribution >= 0.6 is 0 Å². The van der Waals surface area contributed by atoms with Crippen LogP contribution in [-0.2, 0) is 20.1 Å². The van der Waals surface area contributed by atoms with Gasteiger partial charge in [0.1, 0.15) is 0 Å². The van der Waals surface area contributed by atoms with E-state index in [4.69, 9.17) is 11.1 Å². The molecular weight excluding hydrogens is 244 g/mol. The molecule has 0 aliphatic carbocycles. The average Bonchev–Trinajstić information content (AvgIpc) is 0.811. The Morgan fingerprint density at radius 2 is 1.80 bits per heavy atom. The summed E-state index contributed by atoms with van der Waals surface area (Å²) in [6.45, 7) is 1.53. The Morgan fingerprint density at radius 1 is 1.80 bits per heavy atom. The van der Waals surface area contributed by atoms with Gasteiger partial charge in [0.25, 0.3) is 0 Å². The molecule has 0 heterocycles. The van der Waals surface area contributed by atoms with Crippen LogP contribution in [0.5, 0.6) is 0 Å². The van der Waals surface area contributed by atoms with Crippen LogP contribution in [0.2, 0.25) is 0 Å². The van der Waals surface area contributed by atoms with E-state index in [1.54, 1.807) is 0 Å². The van der Waals surface area contributed by atoms with Crippen molar-refractivity contribution in [2.24, 2.45) is 5.73 Å². The molecule has 0 unspecified atom stereocenters. The molecule has 2 nitrogen and oxygen atoms in total. The Balaban J connectivity index is 0. The first-order valence-corrected chi connectivity index (χ1v) is 1.04. The normalized spacial score (nSPS) is 5.00. The third-order valence-electron chi connectivity index (χ3n) is 0. The number of hydrogen-bond acceptors (Lipinski definition) is 1. The molecule has 0 spiro atoms. The van der Waals surface area contributed by atoms with Gasteiger partial charge in [0, 0.05) is 20.1 Å². The van der Waals surface area contributed by atoms with E-state index in [1.165, 1.54) is 6.92 Å². The van der Waals surface area contributed by atoms with Crippen molar-refractivity contribution in [1.82, 2.24) is 0 Å². The van der Waals surface area contributed by atoms with Crippen LogP contribution in [0.4, 0.5) is 0 Å². The molecule has 0 saturated carbocycles. The van der Waals surface area contributed by atoms with Gasteiger partial charge in [0.05, 0.1) is 5.84 Å². The summed E-state index contributed by atoms with van der Waals surface area (Å²) < 4.78 is 0. The van der Waals surface area contributed by atoms with E-state index in [2.05, 4.69) is 0 Å². The van der Waals surface area contributed by atoms with E-state index in [-0.39, 0.29) is 25.9 Å². The van der Waals surface area contributed by atoms with Gasteiger partial charge < -0.3 is 5.73 Å². The summed E-state index contributed by atoms with van der Waals surface area (Å²) in [5.41, 5.74) is 4.69. The molecule has 5 heavy (non-hydrogen) atoms. The fourth-order valence-corrected chi connectivity index (χ4v) is 0. The Hall–Kier alpha value is 0.119. The first kappa shape index (κ1) is 8.93. The number of nitrogens with two attached hydrogens (primary N) is 1. The number of nitrogens with one attached hydrogen (secondary N) is 1. The second-order valence-electron chi connectivity index (χ2n) is 0.683. The Bertz CT molecular complexity index is 30.6. The van der Waals surface area contributed by atoms with Crippen molar-refractivity contribution in [2.45, 2.75) is 6.92 Å². The van der Waals surface area contributed by atoms with Crippen LogP contribution in [0.15, 0.2) is 0 Å². The summed E-state index contributed by atoms with van der Waals surface area (Å²) >= 11 is 0. The monoisotopic (exact) mass is 251 g/mol. The van der Waals surface area contributed by atoms with E-state index in [0.717, 1.165) is 0 Å². The topological polar surface area (TPSA) is 49.9 Å². The fraction of sp³-hybridized carbons (Fsp3) is 0.500. The minimum absolute atomic E-state index is 0. The summed E-state index contributed by atoms with van der Waals surface area (Å²) in [5, 5.41) is 6.28. The van der Waals surface area contributed by atoms with E-state index >= 15 is 0 Å². The first-order chi connectivity index (χ1) is 1.73. The van der Waals surface area contributed by atoms with Gasteiger partial charge in [0.2, 0.25) is 0 Å². The van der Waals surface area contributed by atoms with E-state index in [1.807, 2.05) is 0 Å². The van der Waals surface area contributed by atoms with Crippen molar-refractivity contribution in [2.75, 3.05) is 0 Å². The van der Waals surface area contributed by atoms with Gasteiger partial charge in [-0.3, -0.25) is 5.41 Å². The molecule has 0 aromatic heterocycles. The maximum Gasteiger partial charge on any atom is 0.0873 e. The fourth-order valence-electron chi connectivity index (χ4n) is 0. The minimum Gasteiger partial charge on any atom is -0.388 e. The standard InChI is InChI=1S/C2H6N2.Ir/c1-2(3)4;/h1H3,(H3,3,4);. The minimum atomic E-state index is 0. The average molecular weight is 250 g/mol. The van der Waals surface area contributed by atoms with Gasteiger partial charge in [-0.05, 0) is 6.92 Å². The van der Waals surface area contributed by atoms with Crippen molar-refractivity contribution in [3.8, 4) is 0 Å². The maximum absolute atomic E-state index is 6.28. The van der Waals surface area contributed by atoms with Crippen LogP contribution in [0.1, 0.15) is 6.92 Å². The molecule has 0 amide bonds. The van der Waals surface area contributed by atoms with E-state index in [0.29, 0.717) is 0 Å². The summed E-state index contributed by atoms with van der Waals surface area (Å²) in [4.78, 5) is 0. The summed E-state index contributed by atoms with van der Waals surface area (Å²) in [6.07, 6.45) is 0. The largest absolute Gasteiger partial charge is 0.388 e. The molecule has 33 valence electrons. The molecule has 0 bridgehead atoms. The SMILES string of the molecule is CC(=N)N.[Ir].